The highest BCUT2D eigenvalue weighted by Crippen LogP contribution is 2.12. The maximum Gasteiger partial charge on any atom is 0.227 e. The van der Waals surface area contributed by atoms with Crippen molar-refractivity contribution in [1.82, 2.24) is 0 Å². The third-order valence-electron chi connectivity index (χ3n) is 2.53. The molecule has 0 spiro atoms. The van der Waals surface area contributed by atoms with Crippen molar-refractivity contribution in [1.29, 1.82) is 5.26 Å². The van der Waals surface area contributed by atoms with E-state index in [9.17, 15) is 4.79 Å². The molecule has 0 aliphatic heterocycles. The molecule has 0 bridgehead atoms. The van der Waals surface area contributed by atoms with Crippen LogP contribution in [0.4, 0.5) is 0 Å². The number of aliphatic hydroxyl groups is 1. The predicted octanol–water partition coefficient (Wildman–Crippen LogP) is 1.58. The van der Waals surface area contributed by atoms with Crippen LogP contribution in [0.3, 0.4) is 0 Å². The average molecular weight is 257 g/mol. The molecule has 19 heavy (non-hydrogen) atoms. The van der Waals surface area contributed by atoms with Gasteiger partial charge in [-0.05, 0) is 6.07 Å². The van der Waals surface area contributed by atoms with Gasteiger partial charge in [-0.25, -0.2) is 0 Å². The quantitative estimate of drug-likeness (QED) is 0.899. The molecule has 0 unspecified atom stereocenters. The first-order valence-corrected chi connectivity index (χ1v) is 5.58. The smallest absolute Gasteiger partial charge is 0.227 e. The van der Waals surface area contributed by atoms with E-state index in [1.54, 1.807) is 24.3 Å². The molecule has 0 amide bonds. The molecule has 0 radical (unpaired) electrons. The van der Waals surface area contributed by atoms with E-state index in [2.05, 4.69) is 6.07 Å². The average Bonchev–Trinajstić information content (AvgIpc) is 2.46. The summed E-state index contributed by atoms with van der Waals surface area (Å²) >= 11 is 0. The Labute approximate surface area is 109 Å². The van der Waals surface area contributed by atoms with E-state index in [0.717, 1.165) is 6.26 Å². The zero-order chi connectivity index (χ0) is 13.7. The van der Waals surface area contributed by atoms with Crippen LogP contribution in [0.1, 0.15) is 16.9 Å². The maximum atomic E-state index is 11.6. The second-order valence-electron chi connectivity index (χ2n) is 3.79. The van der Waals surface area contributed by atoms with Gasteiger partial charge in [-0.15, -0.1) is 0 Å². The summed E-state index contributed by atoms with van der Waals surface area (Å²) in [5.74, 6) is 0.222. The zero-order valence-electron chi connectivity index (χ0n) is 10.00. The summed E-state index contributed by atoms with van der Waals surface area (Å²) in [6.07, 6.45) is 1.16. The first kappa shape index (κ1) is 12.9. The molecule has 5 heteroatoms. The summed E-state index contributed by atoms with van der Waals surface area (Å²) in [5, 5.41) is 17.7. The third-order valence-corrected chi connectivity index (χ3v) is 2.53. The summed E-state index contributed by atoms with van der Waals surface area (Å²) in [4.78, 5) is 11.6. The lowest BCUT2D eigenvalue weighted by molar-refractivity contribution is 0.236. The zero-order valence-corrected chi connectivity index (χ0v) is 10.00. The summed E-state index contributed by atoms with van der Waals surface area (Å²) < 4.78 is 10.3. The molecule has 1 aromatic heterocycles. The van der Waals surface area contributed by atoms with E-state index in [1.165, 1.54) is 6.07 Å². The highest BCUT2D eigenvalue weighted by atomic mass is 16.5. The van der Waals surface area contributed by atoms with Crippen molar-refractivity contribution < 1.29 is 14.3 Å². The largest absolute Gasteiger partial charge is 0.482 e. The first-order chi connectivity index (χ1) is 9.24. The van der Waals surface area contributed by atoms with E-state index >= 15 is 0 Å². The molecule has 2 rings (SSSR count). The van der Waals surface area contributed by atoms with Gasteiger partial charge in [-0.2, -0.15) is 5.26 Å². The fraction of sp³-hybridized carbons (Fsp3) is 0.143. The Morgan fingerprint density at radius 2 is 2.16 bits per heavy atom. The molecule has 1 N–H and O–H groups in total. The van der Waals surface area contributed by atoms with Crippen LogP contribution >= 0.6 is 0 Å². The van der Waals surface area contributed by atoms with E-state index in [4.69, 9.17) is 19.5 Å². The standard InChI is InChI=1S/C14H11NO4/c15-6-10-3-1-2-4-11(10)8-19-14-9-18-12(7-16)5-13(14)17/h1-5,9,16H,7-8H2. The van der Waals surface area contributed by atoms with Crippen LogP contribution in [-0.4, -0.2) is 5.11 Å². The number of aliphatic hydroxyl groups excluding tert-OH is 1. The molecule has 5 nitrogen and oxygen atoms in total. The van der Waals surface area contributed by atoms with Crippen molar-refractivity contribution in [2.24, 2.45) is 0 Å². The second-order valence-corrected chi connectivity index (χ2v) is 3.79. The SMILES string of the molecule is N#Cc1ccccc1COc1coc(CO)cc1=O. The molecular formula is C14H11NO4. The van der Waals surface area contributed by atoms with Gasteiger partial charge in [0.1, 0.15) is 25.2 Å². The lowest BCUT2D eigenvalue weighted by Gasteiger charge is -2.06. The summed E-state index contributed by atoms with van der Waals surface area (Å²) in [6.45, 7) is -0.236. The Balaban J connectivity index is 2.15. The Morgan fingerprint density at radius 3 is 2.84 bits per heavy atom. The summed E-state index contributed by atoms with van der Waals surface area (Å²) in [7, 11) is 0. The number of benzene rings is 1. The molecule has 0 fully saturated rings. The maximum absolute atomic E-state index is 11.6. The molecule has 0 aliphatic carbocycles. The van der Waals surface area contributed by atoms with Gasteiger partial charge in [0.05, 0.1) is 11.6 Å². The van der Waals surface area contributed by atoms with Crippen LogP contribution in [0.5, 0.6) is 5.75 Å². The molecule has 0 atom stereocenters. The van der Waals surface area contributed by atoms with Gasteiger partial charge in [-0.3, -0.25) is 4.79 Å². The topological polar surface area (TPSA) is 83.5 Å². The lowest BCUT2D eigenvalue weighted by Crippen LogP contribution is -2.08. The Bertz CT molecular complexity index is 670. The van der Waals surface area contributed by atoms with E-state index in [-0.39, 0.29) is 30.2 Å². The fourth-order valence-electron chi connectivity index (χ4n) is 1.54. The highest BCUT2D eigenvalue weighted by molar-refractivity contribution is 5.37. The molecule has 2 aromatic rings. The monoisotopic (exact) mass is 257 g/mol. The Hall–Kier alpha value is -2.58. The first-order valence-electron chi connectivity index (χ1n) is 5.58. The van der Waals surface area contributed by atoms with Gasteiger partial charge < -0.3 is 14.3 Å². The van der Waals surface area contributed by atoms with Crippen molar-refractivity contribution >= 4 is 0 Å². The van der Waals surface area contributed by atoms with Gasteiger partial charge in [0.2, 0.25) is 11.2 Å². The molecule has 96 valence electrons. The minimum Gasteiger partial charge on any atom is -0.482 e. The molecule has 1 heterocycles. The van der Waals surface area contributed by atoms with Crippen LogP contribution in [-0.2, 0) is 13.2 Å². The minimum atomic E-state index is -0.371. The Kier molecular flexibility index (Phi) is 3.96. The number of hydrogen-bond acceptors (Lipinski definition) is 5. The van der Waals surface area contributed by atoms with Crippen LogP contribution in [0.2, 0.25) is 0 Å². The summed E-state index contributed by atoms with van der Waals surface area (Å²) in [6, 6.07) is 10.2. The van der Waals surface area contributed by atoms with Crippen molar-refractivity contribution in [2.75, 3.05) is 0 Å². The third kappa shape index (κ3) is 3.00. The van der Waals surface area contributed by atoms with Crippen LogP contribution in [0, 0.1) is 11.3 Å². The normalized spacial score (nSPS) is 9.89. The van der Waals surface area contributed by atoms with E-state index < -0.39 is 0 Å². The van der Waals surface area contributed by atoms with Crippen molar-refractivity contribution in [3.63, 3.8) is 0 Å². The van der Waals surface area contributed by atoms with Gasteiger partial charge in [-0.1, -0.05) is 18.2 Å². The van der Waals surface area contributed by atoms with Gasteiger partial charge >= 0.3 is 0 Å². The highest BCUT2D eigenvalue weighted by Gasteiger charge is 2.06. The summed E-state index contributed by atoms with van der Waals surface area (Å²) in [5.41, 5.74) is 0.819. The van der Waals surface area contributed by atoms with Crippen LogP contribution in [0.25, 0.3) is 0 Å². The number of ether oxygens (including phenoxy) is 1. The minimum absolute atomic E-state index is 0.0462. The number of nitriles is 1. The number of hydrogen-bond donors (Lipinski definition) is 1. The predicted molar refractivity (Wildman–Crippen MR) is 66.4 cm³/mol. The van der Waals surface area contributed by atoms with Crippen molar-refractivity contribution in [2.45, 2.75) is 13.2 Å². The Morgan fingerprint density at radius 1 is 1.37 bits per heavy atom. The molecule has 0 saturated heterocycles. The van der Waals surface area contributed by atoms with Crippen LogP contribution in [0.15, 0.2) is 45.8 Å². The molecule has 0 aliphatic rings. The van der Waals surface area contributed by atoms with Crippen molar-refractivity contribution in [3.05, 3.63) is 63.7 Å². The lowest BCUT2D eigenvalue weighted by atomic mass is 10.1. The number of rotatable bonds is 4. The van der Waals surface area contributed by atoms with E-state index in [0.29, 0.717) is 11.1 Å². The fourth-order valence-corrected chi connectivity index (χ4v) is 1.54. The molecule has 0 saturated carbocycles. The second kappa shape index (κ2) is 5.85. The van der Waals surface area contributed by atoms with E-state index in [1.807, 2.05) is 0 Å². The van der Waals surface area contributed by atoms with Crippen LogP contribution < -0.4 is 10.2 Å². The van der Waals surface area contributed by atoms with Gasteiger partial charge in [0.15, 0.2) is 0 Å². The van der Waals surface area contributed by atoms with Gasteiger partial charge in [0, 0.05) is 11.6 Å². The molecule has 1 aromatic carbocycles. The van der Waals surface area contributed by atoms with Gasteiger partial charge in [0.25, 0.3) is 0 Å². The molecular weight excluding hydrogens is 246 g/mol. The van der Waals surface area contributed by atoms with Crippen molar-refractivity contribution in [3.8, 4) is 11.8 Å². The number of nitrogens with zero attached hydrogens (tertiary/aromatic N) is 1.